The van der Waals surface area contributed by atoms with Gasteiger partial charge in [-0.15, -0.1) is 11.3 Å². The monoisotopic (exact) mass is 263 g/mol. The molecule has 0 aliphatic heterocycles. The van der Waals surface area contributed by atoms with Gasteiger partial charge in [0, 0.05) is 23.8 Å². The summed E-state index contributed by atoms with van der Waals surface area (Å²) in [6.07, 6.45) is 4.21. The van der Waals surface area contributed by atoms with E-state index >= 15 is 0 Å². The summed E-state index contributed by atoms with van der Waals surface area (Å²) < 4.78 is 2.02. The molecule has 0 spiro atoms. The molecule has 3 nitrogen and oxygen atoms in total. The van der Waals surface area contributed by atoms with Crippen molar-refractivity contribution in [1.29, 1.82) is 0 Å². The van der Waals surface area contributed by atoms with E-state index in [2.05, 4.69) is 36.9 Å². The van der Waals surface area contributed by atoms with Crippen LogP contribution < -0.4 is 0 Å². The normalized spacial score (nSPS) is 13.2. The van der Waals surface area contributed by atoms with Crippen molar-refractivity contribution in [2.45, 2.75) is 45.4 Å². The average Bonchev–Trinajstić information content (AvgIpc) is 2.95. The van der Waals surface area contributed by atoms with Gasteiger partial charge in [0.1, 0.15) is 0 Å². The molecular formula is C14H21N3S. The van der Waals surface area contributed by atoms with Gasteiger partial charge >= 0.3 is 0 Å². The zero-order valence-electron chi connectivity index (χ0n) is 11.6. The third-order valence-electron chi connectivity index (χ3n) is 3.36. The van der Waals surface area contributed by atoms with Crippen LogP contribution >= 0.6 is 11.3 Å². The van der Waals surface area contributed by atoms with Gasteiger partial charge in [0.2, 0.25) is 0 Å². The highest BCUT2D eigenvalue weighted by Gasteiger charge is 2.11. The summed E-state index contributed by atoms with van der Waals surface area (Å²) in [4.78, 5) is 5.52. The second-order valence-electron chi connectivity index (χ2n) is 5.18. The van der Waals surface area contributed by atoms with E-state index in [0.29, 0.717) is 11.8 Å². The number of aryl methyl sites for hydroxylation is 2. The van der Waals surface area contributed by atoms with Crippen LogP contribution in [0.4, 0.5) is 0 Å². The van der Waals surface area contributed by atoms with Crippen molar-refractivity contribution in [3.05, 3.63) is 34.0 Å². The van der Waals surface area contributed by atoms with E-state index in [9.17, 15) is 0 Å². The van der Waals surface area contributed by atoms with Gasteiger partial charge in [-0.3, -0.25) is 9.67 Å². The zero-order chi connectivity index (χ0) is 13.1. The van der Waals surface area contributed by atoms with Crippen LogP contribution in [0.2, 0.25) is 0 Å². The number of thiazole rings is 1. The second kappa shape index (κ2) is 5.65. The van der Waals surface area contributed by atoms with Crippen molar-refractivity contribution in [2.75, 3.05) is 0 Å². The van der Waals surface area contributed by atoms with Crippen molar-refractivity contribution in [3.63, 3.8) is 0 Å². The minimum atomic E-state index is 0.504. The fraction of sp³-hybridized carbons (Fsp3) is 0.571. The number of hydrogen-bond donors (Lipinski definition) is 0. The Kier molecular flexibility index (Phi) is 4.17. The molecule has 2 rings (SSSR count). The molecule has 0 amide bonds. The Labute approximate surface area is 113 Å². The predicted octanol–water partition coefficient (Wildman–Crippen LogP) is 3.74. The van der Waals surface area contributed by atoms with E-state index in [1.807, 2.05) is 23.4 Å². The SMILES string of the molecule is CC(C)c1cc(CCC(C)c2cncs2)n(C)n1. The molecule has 18 heavy (non-hydrogen) atoms. The van der Waals surface area contributed by atoms with Crippen LogP contribution in [-0.4, -0.2) is 14.8 Å². The Balaban J connectivity index is 1.98. The summed E-state index contributed by atoms with van der Waals surface area (Å²) in [7, 11) is 2.04. The van der Waals surface area contributed by atoms with Gasteiger partial charge in [-0.1, -0.05) is 20.8 Å². The molecule has 98 valence electrons. The molecule has 0 fully saturated rings. The summed E-state index contributed by atoms with van der Waals surface area (Å²) >= 11 is 1.75. The Morgan fingerprint density at radius 1 is 1.33 bits per heavy atom. The first-order valence-electron chi connectivity index (χ1n) is 6.49. The fourth-order valence-corrected chi connectivity index (χ4v) is 2.74. The summed E-state index contributed by atoms with van der Waals surface area (Å²) in [6.45, 7) is 6.64. The number of rotatable bonds is 5. The molecule has 0 aliphatic carbocycles. The van der Waals surface area contributed by atoms with Crippen molar-refractivity contribution in [3.8, 4) is 0 Å². The largest absolute Gasteiger partial charge is 0.272 e. The third kappa shape index (κ3) is 2.99. The summed E-state index contributed by atoms with van der Waals surface area (Å²) in [5.41, 5.74) is 4.43. The third-order valence-corrected chi connectivity index (χ3v) is 4.36. The van der Waals surface area contributed by atoms with Crippen molar-refractivity contribution >= 4 is 11.3 Å². The van der Waals surface area contributed by atoms with Crippen LogP contribution in [0.1, 0.15) is 55.3 Å². The lowest BCUT2D eigenvalue weighted by Crippen LogP contribution is -2.01. The maximum atomic E-state index is 4.56. The van der Waals surface area contributed by atoms with Crippen molar-refractivity contribution in [2.24, 2.45) is 7.05 Å². The van der Waals surface area contributed by atoms with Crippen LogP contribution in [0, 0.1) is 0 Å². The Morgan fingerprint density at radius 3 is 2.67 bits per heavy atom. The smallest absolute Gasteiger partial charge is 0.0794 e. The first-order valence-corrected chi connectivity index (χ1v) is 7.37. The van der Waals surface area contributed by atoms with Crippen LogP contribution in [0.15, 0.2) is 17.8 Å². The first-order chi connectivity index (χ1) is 8.58. The number of nitrogens with zero attached hydrogens (tertiary/aromatic N) is 3. The van der Waals surface area contributed by atoms with Gasteiger partial charge in [0.05, 0.1) is 11.2 Å². The summed E-state index contributed by atoms with van der Waals surface area (Å²) in [5.74, 6) is 1.08. The predicted molar refractivity (Wildman–Crippen MR) is 76.1 cm³/mol. The van der Waals surface area contributed by atoms with E-state index in [-0.39, 0.29) is 0 Å². The van der Waals surface area contributed by atoms with Gasteiger partial charge in [-0.05, 0) is 30.7 Å². The van der Waals surface area contributed by atoms with Gasteiger partial charge < -0.3 is 0 Å². The van der Waals surface area contributed by atoms with E-state index in [1.54, 1.807) is 11.3 Å². The minimum absolute atomic E-state index is 0.504. The molecule has 0 aliphatic rings. The molecule has 4 heteroatoms. The van der Waals surface area contributed by atoms with E-state index in [4.69, 9.17) is 0 Å². The molecule has 0 aromatic carbocycles. The minimum Gasteiger partial charge on any atom is -0.272 e. The van der Waals surface area contributed by atoms with E-state index < -0.39 is 0 Å². The molecule has 1 unspecified atom stereocenters. The molecule has 2 heterocycles. The Hall–Kier alpha value is -1.16. The lowest BCUT2D eigenvalue weighted by Gasteiger charge is -2.08. The van der Waals surface area contributed by atoms with E-state index in [1.165, 1.54) is 16.3 Å². The molecule has 2 aromatic heterocycles. The second-order valence-corrected chi connectivity index (χ2v) is 6.10. The summed E-state index contributed by atoms with van der Waals surface area (Å²) in [6, 6.07) is 2.24. The molecule has 0 saturated heterocycles. The average molecular weight is 263 g/mol. The summed E-state index contributed by atoms with van der Waals surface area (Å²) in [5, 5.41) is 4.56. The first kappa shape index (κ1) is 13.3. The highest BCUT2D eigenvalue weighted by Crippen LogP contribution is 2.24. The van der Waals surface area contributed by atoms with Gasteiger partial charge in [-0.2, -0.15) is 5.10 Å². The Morgan fingerprint density at radius 2 is 2.11 bits per heavy atom. The maximum Gasteiger partial charge on any atom is 0.0794 e. The highest BCUT2D eigenvalue weighted by molar-refractivity contribution is 7.09. The lowest BCUT2D eigenvalue weighted by molar-refractivity contribution is 0.629. The molecule has 0 saturated carbocycles. The topological polar surface area (TPSA) is 30.7 Å². The van der Waals surface area contributed by atoms with Crippen LogP contribution in [0.5, 0.6) is 0 Å². The highest BCUT2D eigenvalue weighted by atomic mass is 32.1. The molecule has 1 atom stereocenters. The quantitative estimate of drug-likeness (QED) is 0.823. The molecule has 2 aromatic rings. The maximum absolute atomic E-state index is 4.56. The molecule has 0 radical (unpaired) electrons. The number of hydrogen-bond acceptors (Lipinski definition) is 3. The number of aromatic nitrogens is 3. The van der Waals surface area contributed by atoms with Crippen molar-refractivity contribution in [1.82, 2.24) is 14.8 Å². The Bertz CT molecular complexity index is 485. The van der Waals surface area contributed by atoms with Gasteiger partial charge in [0.15, 0.2) is 0 Å². The van der Waals surface area contributed by atoms with Gasteiger partial charge in [0.25, 0.3) is 0 Å². The van der Waals surface area contributed by atoms with Gasteiger partial charge in [-0.25, -0.2) is 0 Å². The van der Waals surface area contributed by atoms with Crippen LogP contribution in [0.3, 0.4) is 0 Å². The lowest BCUT2D eigenvalue weighted by atomic mass is 10.0. The zero-order valence-corrected chi connectivity index (χ0v) is 12.4. The molecular weight excluding hydrogens is 242 g/mol. The van der Waals surface area contributed by atoms with Crippen molar-refractivity contribution < 1.29 is 0 Å². The molecule has 0 N–H and O–H groups in total. The van der Waals surface area contributed by atoms with Crippen LogP contribution in [-0.2, 0) is 13.5 Å². The standard InChI is InChI=1S/C14H21N3S/c1-10(2)13-7-12(17(4)16-13)6-5-11(3)14-8-15-9-18-14/h7-11H,5-6H2,1-4H3. The van der Waals surface area contributed by atoms with Crippen LogP contribution in [0.25, 0.3) is 0 Å². The fourth-order valence-electron chi connectivity index (χ4n) is 2.02. The molecule has 0 bridgehead atoms. The van der Waals surface area contributed by atoms with E-state index in [0.717, 1.165) is 12.8 Å².